The van der Waals surface area contributed by atoms with Crippen LogP contribution in [0.15, 0.2) is 0 Å². The highest BCUT2D eigenvalue weighted by atomic mass is 32.2. The largest absolute Gasteiger partial charge is 0.383 e. The van der Waals surface area contributed by atoms with Crippen LogP contribution in [0.25, 0.3) is 0 Å². The van der Waals surface area contributed by atoms with Crippen LogP contribution in [0.3, 0.4) is 0 Å². The third-order valence-corrected chi connectivity index (χ3v) is 6.24. The third kappa shape index (κ3) is 4.52. The van der Waals surface area contributed by atoms with Crippen molar-refractivity contribution in [2.45, 2.75) is 44.8 Å². The van der Waals surface area contributed by atoms with Gasteiger partial charge in [0.2, 0.25) is 0 Å². The molecule has 0 saturated heterocycles. The van der Waals surface area contributed by atoms with Gasteiger partial charge in [0.25, 0.3) is 0 Å². The molecule has 18 heavy (non-hydrogen) atoms. The van der Waals surface area contributed by atoms with E-state index in [4.69, 9.17) is 4.74 Å². The Kier molecular flexibility index (Phi) is 6.08. The molecule has 108 valence electrons. The van der Waals surface area contributed by atoms with Crippen LogP contribution in [0.2, 0.25) is 0 Å². The molecule has 0 aromatic carbocycles. The highest BCUT2D eigenvalue weighted by Gasteiger charge is 2.37. The summed E-state index contributed by atoms with van der Waals surface area (Å²) in [6.45, 7) is 6.00. The van der Waals surface area contributed by atoms with E-state index in [-0.39, 0.29) is 10.7 Å². The Morgan fingerprint density at radius 2 is 2.00 bits per heavy atom. The van der Waals surface area contributed by atoms with Gasteiger partial charge in [-0.1, -0.05) is 6.42 Å². The highest BCUT2D eigenvalue weighted by molar-refractivity contribution is 7.91. The van der Waals surface area contributed by atoms with Crippen LogP contribution in [0, 0.1) is 5.41 Å². The second kappa shape index (κ2) is 6.87. The van der Waals surface area contributed by atoms with Crippen molar-refractivity contribution in [3.63, 3.8) is 0 Å². The van der Waals surface area contributed by atoms with Gasteiger partial charge in [0.15, 0.2) is 9.84 Å². The van der Waals surface area contributed by atoms with Crippen molar-refractivity contribution < 1.29 is 13.2 Å². The monoisotopic (exact) mass is 277 g/mol. The number of hydrogen-bond acceptors (Lipinski definition) is 4. The Balaban J connectivity index is 2.37. The number of nitrogens with one attached hydrogen (secondary N) is 1. The second-order valence-corrected chi connectivity index (χ2v) is 8.37. The molecule has 1 fully saturated rings. The van der Waals surface area contributed by atoms with Gasteiger partial charge >= 0.3 is 0 Å². The summed E-state index contributed by atoms with van der Waals surface area (Å²) in [5.41, 5.74) is 0.218. The Morgan fingerprint density at radius 3 is 2.44 bits per heavy atom. The van der Waals surface area contributed by atoms with E-state index in [1.165, 1.54) is 6.42 Å². The standard InChI is InChI=1S/C13H27NO3S/c1-12(2)18(15,16)10-7-13(5-4-6-13)11-14-8-9-17-3/h12,14H,4-11H2,1-3H3. The zero-order valence-corrected chi connectivity index (χ0v) is 12.7. The van der Waals surface area contributed by atoms with Crippen molar-refractivity contribution >= 4 is 9.84 Å². The molecule has 5 heteroatoms. The van der Waals surface area contributed by atoms with Crippen LogP contribution in [0.4, 0.5) is 0 Å². The SMILES string of the molecule is COCCNCC1(CCS(=O)(=O)C(C)C)CCC1. The van der Waals surface area contributed by atoms with Crippen molar-refractivity contribution in [2.24, 2.45) is 5.41 Å². The summed E-state index contributed by atoms with van der Waals surface area (Å²) >= 11 is 0. The lowest BCUT2D eigenvalue weighted by Crippen LogP contribution is -2.42. The molecule has 4 nitrogen and oxygen atoms in total. The van der Waals surface area contributed by atoms with Gasteiger partial charge in [0.05, 0.1) is 17.6 Å². The minimum absolute atomic E-state index is 0.218. The lowest BCUT2D eigenvalue weighted by atomic mass is 9.67. The zero-order chi connectivity index (χ0) is 13.6. The van der Waals surface area contributed by atoms with Gasteiger partial charge in [-0.25, -0.2) is 8.42 Å². The molecule has 0 spiro atoms. The maximum absolute atomic E-state index is 11.9. The minimum atomic E-state index is -2.90. The van der Waals surface area contributed by atoms with E-state index < -0.39 is 9.84 Å². The molecule has 1 aliphatic carbocycles. The van der Waals surface area contributed by atoms with Crippen molar-refractivity contribution in [2.75, 3.05) is 32.6 Å². The van der Waals surface area contributed by atoms with E-state index in [9.17, 15) is 8.42 Å². The van der Waals surface area contributed by atoms with E-state index in [0.717, 1.165) is 32.4 Å². The molecule has 0 amide bonds. The average molecular weight is 277 g/mol. The third-order valence-electron chi connectivity index (χ3n) is 4.03. The molecule has 0 aromatic rings. The van der Waals surface area contributed by atoms with Crippen LogP contribution >= 0.6 is 0 Å². The molecule has 1 saturated carbocycles. The van der Waals surface area contributed by atoms with E-state index in [1.807, 2.05) is 0 Å². The predicted molar refractivity (Wildman–Crippen MR) is 74.6 cm³/mol. The summed E-state index contributed by atoms with van der Waals surface area (Å²) in [5, 5.41) is 3.12. The van der Waals surface area contributed by atoms with Gasteiger partial charge in [-0.15, -0.1) is 0 Å². The van der Waals surface area contributed by atoms with Crippen LogP contribution in [-0.2, 0) is 14.6 Å². The molecule has 1 N–H and O–H groups in total. The first-order chi connectivity index (χ1) is 8.42. The molecule has 0 heterocycles. The first kappa shape index (κ1) is 15.9. The Bertz CT molecular complexity index is 334. The lowest BCUT2D eigenvalue weighted by Gasteiger charge is -2.42. The molecule has 0 radical (unpaired) electrons. The number of hydrogen-bond donors (Lipinski definition) is 1. The lowest BCUT2D eigenvalue weighted by molar-refractivity contribution is 0.118. The quantitative estimate of drug-likeness (QED) is 0.651. The Hall–Kier alpha value is -0.130. The summed E-state index contributed by atoms with van der Waals surface area (Å²) in [6.07, 6.45) is 4.34. The van der Waals surface area contributed by atoms with Crippen LogP contribution < -0.4 is 5.32 Å². The molecule has 1 rings (SSSR count). The summed E-state index contributed by atoms with van der Waals surface area (Å²) in [7, 11) is -1.20. The normalized spacial score (nSPS) is 18.9. The number of methoxy groups -OCH3 is 1. The van der Waals surface area contributed by atoms with Crippen molar-refractivity contribution in [1.82, 2.24) is 5.32 Å². The average Bonchev–Trinajstić information content (AvgIpc) is 2.26. The smallest absolute Gasteiger partial charge is 0.152 e. The summed E-state index contributed by atoms with van der Waals surface area (Å²) in [5.74, 6) is 0.330. The molecule has 0 aliphatic heterocycles. The molecule has 0 atom stereocenters. The van der Waals surface area contributed by atoms with Crippen LogP contribution in [-0.4, -0.2) is 46.2 Å². The van der Waals surface area contributed by atoms with Crippen molar-refractivity contribution in [3.8, 4) is 0 Å². The van der Waals surface area contributed by atoms with E-state index >= 15 is 0 Å². The number of ether oxygens (including phenoxy) is 1. The molecule has 0 aromatic heterocycles. The van der Waals surface area contributed by atoms with Gasteiger partial charge in [-0.2, -0.15) is 0 Å². The number of rotatable bonds is 9. The highest BCUT2D eigenvalue weighted by Crippen LogP contribution is 2.43. The van der Waals surface area contributed by atoms with Crippen molar-refractivity contribution in [3.05, 3.63) is 0 Å². The van der Waals surface area contributed by atoms with Gasteiger partial charge in [0.1, 0.15) is 0 Å². The van der Waals surface area contributed by atoms with Crippen LogP contribution in [0.1, 0.15) is 39.5 Å². The van der Waals surface area contributed by atoms with Crippen LogP contribution in [0.5, 0.6) is 0 Å². The van der Waals surface area contributed by atoms with Gasteiger partial charge in [-0.3, -0.25) is 0 Å². The summed E-state index contributed by atoms with van der Waals surface area (Å²) in [6, 6.07) is 0. The van der Waals surface area contributed by atoms with Gasteiger partial charge in [-0.05, 0) is 38.5 Å². The first-order valence-corrected chi connectivity index (χ1v) is 8.55. The maximum atomic E-state index is 11.9. The first-order valence-electron chi connectivity index (χ1n) is 6.83. The van der Waals surface area contributed by atoms with Gasteiger partial charge < -0.3 is 10.1 Å². The summed E-state index contributed by atoms with van der Waals surface area (Å²) in [4.78, 5) is 0. The van der Waals surface area contributed by atoms with E-state index in [2.05, 4.69) is 5.32 Å². The zero-order valence-electron chi connectivity index (χ0n) is 11.9. The fourth-order valence-corrected chi connectivity index (χ4v) is 3.50. The second-order valence-electron chi connectivity index (χ2n) is 5.69. The topological polar surface area (TPSA) is 55.4 Å². The van der Waals surface area contributed by atoms with Crippen molar-refractivity contribution in [1.29, 1.82) is 0 Å². The fourth-order valence-electron chi connectivity index (χ4n) is 2.31. The van der Waals surface area contributed by atoms with E-state index in [1.54, 1.807) is 21.0 Å². The Labute approximate surface area is 111 Å². The van der Waals surface area contributed by atoms with E-state index in [0.29, 0.717) is 12.4 Å². The summed E-state index contributed by atoms with van der Waals surface area (Å²) < 4.78 is 28.7. The molecule has 0 bridgehead atoms. The molecular formula is C13H27NO3S. The minimum Gasteiger partial charge on any atom is -0.383 e. The van der Waals surface area contributed by atoms with Gasteiger partial charge in [0, 0.05) is 20.2 Å². The molecular weight excluding hydrogens is 250 g/mol. The fraction of sp³-hybridized carbons (Fsp3) is 1.00. The Morgan fingerprint density at radius 1 is 1.33 bits per heavy atom. The maximum Gasteiger partial charge on any atom is 0.152 e. The number of sulfone groups is 1. The molecule has 1 aliphatic rings. The predicted octanol–water partition coefficient (Wildman–Crippen LogP) is 1.61. The molecule has 0 unspecified atom stereocenters.